The molecule has 152 valence electrons. The van der Waals surface area contributed by atoms with Gasteiger partial charge in [0, 0.05) is 39.1 Å². The van der Waals surface area contributed by atoms with Gasteiger partial charge in [-0.05, 0) is 18.6 Å². The number of sulfone groups is 1. The number of benzene rings is 1. The van der Waals surface area contributed by atoms with Crippen LogP contribution in [0.4, 0.5) is 5.69 Å². The number of anilines is 1. The molecule has 2 unspecified atom stereocenters. The zero-order valence-electron chi connectivity index (χ0n) is 15.9. The number of fused-ring (bicyclic) bond motifs is 1. The maximum absolute atomic E-state index is 13.0. The summed E-state index contributed by atoms with van der Waals surface area (Å²) in [4.78, 5) is 30.6. The van der Waals surface area contributed by atoms with Crippen molar-refractivity contribution in [3.8, 4) is 5.75 Å². The molecular weight excluding hydrogens is 382 g/mol. The van der Waals surface area contributed by atoms with Crippen molar-refractivity contribution in [2.45, 2.75) is 25.5 Å². The lowest BCUT2D eigenvalue weighted by Crippen LogP contribution is -2.57. The van der Waals surface area contributed by atoms with E-state index in [1.54, 1.807) is 15.9 Å². The summed E-state index contributed by atoms with van der Waals surface area (Å²) in [6, 6.07) is 7.30. The van der Waals surface area contributed by atoms with Crippen LogP contribution in [0.5, 0.6) is 5.75 Å². The minimum atomic E-state index is -2.91. The lowest BCUT2D eigenvalue weighted by Gasteiger charge is -2.40. The van der Waals surface area contributed by atoms with E-state index in [0.29, 0.717) is 44.0 Å². The first-order valence-electron chi connectivity index (χ1n) is 9.61. The fourth-order valence-corrected chi connectivity index (χ4v) is 6.00. The van der Waals surface area contributed by atoms with Crippen LogP contribution in [0, 0.1) is 0 Å². The number of carbonyl (C=O) groups excluding carboxylic acids is 2. The van der Waals surface area contributed by atoms with E-state index in [0.717, 1.165) is 0 Å². The molecule has 2 amide bonds. The minimum Gasteiger partial charge on any atom is -0.476 e. The van der Waals surface area contributed by atoms with Gasteiger partial charge in [0.2, 0.25) is 5.91 Å². The van der Waals surface area contributed by atoms with Crippen LogP contribution in [-0.2, 0) is 19.4 Å². The van der Waals surface area contributed by atoms with Crippen molar-refractivity contribution < 1.29 is 22.7 Å². The largest absolute Gasteiger partial charge is 0.476 e. The molecule has 9 heteroatoms. The molecule has 1 aromatic carbocycles. The van der Waals surface area contributed by atoms with E-state index >= 15 is 0 Å². The Hall–Kier alpha value is -2.13. The van der Waals surface area contributed by atoms with Gasteiger partial charge in [0.15, 0.2) is 15.9 Å². The number of carbonyl (C=O) groups is 2. The molecule has 2 saturated heterocycles. The van der Waals surface area contributed by atoms with Gasteiger partial charge in [-0.15, -0.1) is 0 Å². The molecule has 2 atom stereocenters. The molecule has 0 saturated carbocycles. The van der Waals surface area contributed by atoms with E-state index in [4.69, 9.17) is 4.74 Å². The summed E-state index contributed by atoms with van der Waals surface area (Å²) in [6.07, 6.45) is -0.0518. The van der Waals surface area contributed by atoms with Crippen molar-refractivity contribution in [2.75, 3.05) is 49.1 Å². The molecule has 3 aliphatic rings. The van der Waals surface area contributed by atoms with Gasteiger partial charge in [-0.3, -0.25) is 14.5 Å². The Morgan fingerprint density at radius 1 is 1.11 bits per heavy atom. The quantitative estimate of drug-likeness (QED) is 0.693. The van der Waals surface area contributed by atoms with E-state index < -0.39 is 15.9 Å². The van der Waals surface area contributed by atoms with Crippen LogP contribution in [0.15, 0.2) is 24.3 Å². The van der Waals surface area contributed by atoms with Crippen LogP contribution >= 0.6 is 0 Å². The molecule has 0 aliphatic carbocycles. The van der Waals surface area contributed by atoms with Crippen LogP contribution in [0.25, 0.3) is 0 Å². The van der Waals surface area contributed by atoms with Crippen molar-refractivity contribution in [1.29, 1.82) is 0 Å². The van der Waals surface area contributed by atoms with Gasteiger partial charge in [0.1, 0.15) is 5.75 Å². The maximum atomic E-state index is 13.0. The molecule has 0 bridgehead atoms. The Balaban J connectivity index is 1.40. The Kier molecular flexibility index (Phi) is 5.05. The van der Waals surface area contributed by atoms with Crippen LogP contribution in [-0.4, -0.2) is 86.4 Å². The Morgan fingerprint density at radius 2 is 1.82 bits per heavy atom. The fourth-order valence-electron chi connectivity index (χ4n) is 4.24. The van der Waals surface area contributed by atoms with E-state index in [1.807, 2.05) is 18.2 Å². The van der Waals surface area contributed by atoms with Gasteiger partial charge < -0.3 is 14.5 Å². The Labute approximate surface area is 164 Å². The minimum absolute atomic E-state index is 0.0632. The predicted molar refractivity (Wildman–Crippen MR) is 104 cm³/mol. The summed E-state index contributed by atoms with van der Waals surface area (Å²) < 4.78 is 29.3. The first kappa shape index (κ1) is 19.2. The lowest BCUT2D eigenvalue weighted by molar-refractivity contribution is -0.140. The third kappa shape index (κ3) is 3.73. The molecule has 3 aliphatic heterocycles. The average molecular weight is 407 g/mol. The van der Waals surface area contributed by atoms with Gasteiger partial charge in [0.05, 0.1) is 23.7 Å². The summed E-state index contributed by atoms with van der Waals surface area (Å²) in [7, 11) is -2.91. The number of hydrogen-bond acceptors (Lipinski definition) is 6. The lowest BCUT2D eigenvalue weighted by atomic mass is 10.1. The second kappa shape index (κ2) is 7.36. The van der Waals surface area contributed by atoms with Gasteiger partial charge >= 0.3 is 0 Å². The molecule has 2 fully saturated rings. The van der Waals surface area contributed by atoms with Crippen LogP contribution in [0.1, 0.15) is 13.3 Å². The number of piperazine rings is 1. The summed E-state index contributed by atoms with van der Waals surface area (Å²) in [5, 5.41) is 0. The number of hydrogen-bond donors (Lipinski definition) is 0. The van der Waals surface area contributed by atoms with Gasteiger partial charge in [-0.1, -0.05) is 12.1 Å². The third-order valence-electron chi connectivity index (χ3n) is 5.78. The van der Waals surface area contributed by atoms with Crippen molar-refractivity contribution in [1.82, 2.24) is 9.80 Å². The summed E-state index contributed by atoms with van der Waals surface area (Å²) in [6.45, 7) is 4.08. The summed E-state index contributed by atoms with van der Waals surface area (Å²) >= 11 is 0. The molecule has 1 aromatic rings. The van der Waals surface area contributed by atoms with Crippen LogP contribution in [0.3, 0.4) is 0 Å². The number of nitrogens with zero attached hydrogens (tertiary/aromatic N) is 3. The van der Waals surface area contributed by atoms with Crippen molar-refractivity contribution in [2.24, 2.45) is 0 Å². The SMILES string of the molecule is CC(=O)N1CC(C(=O)N2CCN(C3CCS(=O)(=O)C3)CC2)Oc2ccccc21. The fraction of sp³-hybridized carbons (Fsp3) is 0.579. The van der Waals surface area contributed by atoms with Crippen molar-refractivity contribution in [3.63, 3.8) is 0 Å². The molecule has 4 rings (SSSR count). The van der Waals surface area contributed by atoms with Crippen LogP contribution < -0.4 is 9.64 Å². The maximum Gasteiger partial charge on any atom is 0.265 e. The normalized spacial score (nSPS) is 27.2. The topological polar surface area (TPSA) is 87.2 Å². The highest BCUT2D eigenvalue weighted by Gasteiger charge is 2.38. The molecule has 0 aromatic heterocycles. The highest BCUT2D eigenvalue weighted by atomic mass is 32.2. The second-order valence-electron chi connectivity index (χ2n) is 7.62. The Bertz CT molecular complexity index is 879. The molecule has 3 heterocycles. The first-order chi connectivity index (χ1) is 13.3. The first-order valence-corrected chi connectivity index (χ1v) is 11.4. The van der Waals surface area contributed by atoms with Gasteiger partial charge in [-0.2, -0.15) is 0 Å². The zero-order valence-corrected chi connectivity index (χ0v) is 16.7. The molecule has 0 radical (unpaired) electrons. The van der Waals surface area contributed by atoms with E-state index in [2.05, 4.69) is 4.90 Å². The van der Waals surface area contributed by atoms with E-state index in [1.165, 1.54) is 6.92 Å². The molecule has 0 N–H and O–H groups in total. The van der Waals surface area contributed by atoms with Gasteiger partial charge in [0.25, 0.3) is 5.91 Å². The predicted octanol–water partition coefficient (Wildman–Crippen LogP) is 0.132. The van der Waals surface area contributed by atoms with Crippen LogP contribution in [0.2, 0.25) is 0 Å². The molecule has 0 spiro atoms. The number of ether oxygens (including phenoxy) is 1. The average Bonchev–Trinajstić information content (AvgIpc) is 3.06. The highest BCUT2D eigenvalue weighted by molar-refractivity contribution is 7.91. The molecule has 8 nitrogen and oxygen atoms in total. The zero-order chi connectivity index (χ0) is 19.9. The molecule has 28 heavy (non-hydrogen) atoms. The smallest absolute Gasteiger partial charge is 0.265 e. The van der Waals surface area contributed by atoms with Gasteiger partial charge in [-0.25, -0.2) is 8.42 Å². The number of para-hydroxylation sites is 2. The van der Waals surface area contributed by atoms with E-state index in [-0.39, 0.29) is 35.9 Å². The number of rotatable bonds is 2. The van der Waals surface area contributed by atoms with Crippen molar-refractivity contribution in [3.05, 3.63) is 24.3 Å². The molecular formula is C19H25N3O5S. The Morgan fingerprint density at radius 3 is 2.46 bits per heavy atom. The second-order valence-corrected chi connectivity index (χ2v) is 9.85. The highest BCUT2D eigenvalue weighted by Crippen LogP contribution is 2.33. The van der Waals surface area contributed by atoms with Crippen molar-refractivity contribution >= 4 is 27.3 Å². The number of amides is 2. The standard InChI is InChI=1S/C19H25N3O5S/c1-14(23)22-12-18(27-17-5-3-2-4-16(17)22)19(24)21-9-7-20(8-10-21)15-6-11-28(25,26)13-15/h2-5,15,18H,6-13H2,1H3. The van der Waals surface area contributed by atoms with E-state index in [9.17, 15) is 18.0 Å². The summed E-state index contributed by atoms with van der Waals surface area (Å²) in [5.74, 6) is 0.765. The monoisotopic (exact) mass is 407 g/mol. The summed E-state index contributed by atoms with van der Waals surface area (Å²) in [5.41, 5.74) is 0.686. The third-order valence-corrected chi connectivity index (χ3v) is 7.53.